The van der Waals surface area contributed by atoms with Crippen molar-refractivity contribution in [3.05, 3.63) is 60.4 Å². The molecule has 0 amide bonds. The van der Waals surface area contributed by atoms with Crippen LogP contribution in [0.1, 0.15) is 31.4 Å². The Hall–Kier alpha value is -2.96. The first-order chi connectivity index (χ1) is 14.2. The van der Waals surface area contributed by atoms with Crippen LogP contribution in [-0.4, -0.2) is 33.7 Å². The molecule has 2 aromatic heterocycles. The summed E-state index contributed by atoms with van der Waals surface area (Å²) >= 11 is 0. The van der Waals surface area contributed by atoms with Crippen molar-refractivity contribution in [2.75, 3.05) is 13.2 Å². The van der Waals surface area contributed by atoms with Gasteiger partial charge in [0.2, 0.25) is 0 Å². The highest BCUT2D eigenvalue weighted by atomic mass is 16.5. The summed E-state index contributed by atoms with van der Waals surface area (Å²) in [5.74, 6) is 1.69. The van der Waals surface area contributed by atoms with Gasteiger partial charge >= 0.3 is 0 Å². The van der Waals surface area contributed by atoms with Crippen LogP contribution < -0.4 is 15.8 Å². The molecule has 3 heterocycles. The van der Waals surface area contributed by atoms with Crippen molar-refractivity contribution in [1.29, 1.82) is 0 Å². The zero-order chi connectivity index (χ0) is 19.8. The lowest BCUT2D eigenvalue weighted by Gasteiger charge is -2.29. The second-order valence-electron chi connectivity index (χ2n) is 7.58. The zero-order valence-corrected chi connectivity index (χ0v) is 16.5. The molecule has 1 saturated heterocycles. The molecule has 0 bridgehead atoms. The highest BCUT2D eigenvalue weighted by Gasteiger charge is 2.22. The van der Waals surface area contributed by atoms with Gasteiger partial charge in [-0.1, -0.05) is 18.2 Å². The summed E-state index contributed by atoms with van der Waals surface area (Å²) in [5.41, 5.74) is 10.4. The Balaban J connectivity index is 1.59. The second-order valence-corrected chi connectivity index (χ2v) is 7.58. The van der Waals surface area contributed by atoms with Gasteiger partial charge in [-0.2, -0.15) is 0 Å². The third-order valence-corrected chi connectivity index (χ3v) is 5.63. The molecule has 148 valence electrons. The minimum atomic E-state index is 0.233. The number of nitrogens with zero attached hydrogens (tertiary/aromatic N) is 3. The first kappa shape index (κ1) is 18.1. The number of imidazole rings is 1. The van der Waals surface area contributed by atoms with Crippen LogP contribution in [0.3, 0.4) is 0 Å². The van der Waals surface area contributed by atoms with Gasteiger partial charge in [0.05, 0.1) is 23.2 Å². The number of piperidine rings is 1. The SMILES string of the molecule is CCOc1ccc2c(c1)ncn2-c1ccc2cccc(C3CC(N)CCN3)c2n1. The van der Waals surface area contributed by atoms with Crippen LogP contribution in [0.4, 0.5) is 0 Å². The number of hydrogen-bond acceptors (Lipinski definition) is 5. The number of nitrogens with two attached hydrogens (primary N) is 1. The number of benzene rings is 2. The van der Waals surface area contributed by atoms with Gasteiger partial charge in [-0.15, -0.1) is 0 Å². The second kappa shape index (κ2) is 7.46. The first-order valence-corrected chi connectivity index (χ1v) is 10.2. The summed E-state index contributed by atoms with van der Waals surface area (Å²) in [6.07, 6.45) is 3.77. The fraction of sp³-hybridized carbons (Fsp3) is 0.304. The largest absolute Gasteiger partial charge is 0.494 e. The van der Waals surface area contributed by atoms with Crippen molar-refractivity contribution in [3.63, 3.8) is 0 Å². The summed E-state index contributed by atoms with van der Waals surface area (Å²) in [6, 6.07) is 17.0. The van der Waals surface area contributed by atoms with E-state index in [1.54, 1.807) is 0 Å². The van der Waals surface area contributed by atoms with Crippen molar-refractivity contribution in [2.45, 2.75) is 31.8 Å². The van der Waals surface area contributed by atoms with E-state index in [0.29, 0.717) is 6.61 Å². The van der Waals surface area contributed by atoms with E-state index in [1.165, 1.54) is 5.56 Å². The number of fused-ring (bicyclic) bond motifs is 2. The lowest BCUT2D eigenvalue weighted by Crippen LogP contribution is -2.38. The molecular weight excluding hydrogens is 362 g/mol. The van der Waals surface area contributed by atoms with Crippen LogP contribution in [0.2, 0.25) is 0 Å². The van der Waals surface area contributed by atoms with E-state index in [-0.39, 0.29) is 12.1 Å². The molecule has 6 heteroatoms. The highest BCUT2D eigenvalue weighted by molar-refractivity contribution is 5.84. The van der Waals surface area contributed by atoms with Crippen LogP contribution in [0, 0.1) is 0 Å². The molecule has 1 fully saturated rings. The quantitative estimate of drug-likeness (QED) is 0.558. The van der Waals surface area contributed by atoms with E-state index in [9.17, 15) is 0 Å². The number of para-hydroxylation sites is 1. The molecule has 2 atom stereocenters. The van der Waals surface area contributed by atoms with Crippen molar-refractivity contribution in [2.24, 2.45) is 5.73 Å². The number of rotatable bonds is 4. The average Bonchev–Trinajstić information content (AvgIpc) is 3.16. The van der Waals surface area contributed by atoms with E-state index in [0.717, 1.165) is 52.9 Å². The normalized spacial score (nSPS) is 19.7. The van der Waals surface area contributed by atoms with E-state index >= 15 is 0 Å². The van der Waals surface area contributed by atoms with Crippen molar-refractivity contribution < 1.29 is 4.74 Å². The maximum absolute atomic E-state index is 6.23. The standard InChI is InChI=1S/C23H25N5O/c1-2-29-17-7-8-21-20(13-17)26-14-28(21)22-9-6-15-4-3-5-18(23(15)27-22)19-12-16(24)10-11-25-19/h3-9,13-14,16,19,25H,2,10-12,24H2,1H3. The molecule has 1 aliphatic rings. The van der Waals surface area contributed by atoms with Gasteiger partial charge in [-0.05, 0) is 56.1 Å². The van der Waals surface area contributed by atoms with Gasteiger partial charge in [-0.25, -0.2) is 9.97 Å². The summed E-state index contributed by atoms with van der Waals surface area (Å²) in [4.78, 5) is 9.59. The van der Waals surface area contributed by atoms with E-state index < -0.39 is 0 Å². The molecule has 2 aromatic carbocycles. The zero-order valence-electron chi connectivity index (χ0n) is 16.5. The Bertz CT molecular complexity index is 1170. The van der Waals surface area contributed by atoms with Gasteiger partial charge < -0.3 is 15.8 Å². The lowest BCUT2D eigenvalue weighted by molar-refractivity contribution is 0.340. The molecule has 0 aliphatic carbocycles. The van der Waals surface area contributed by atoms with Crippen molar-refractivity contribution >= 4 is 21.9 Å². The number of nitrogens with one attached hydrogen (secondary N) is 1. The smallest absolute Gasteiger partial charge is 0.139 e. The molecule has 2 unspecified atom stereocenters. The van der Waals surface area contributed by atoms with E-state index in [4.69, 9.17) is 15.5 Å². The molecule has 0 radical (unpaired) electrons. The molecule has 3 N–H and O–H groups in total. The maximum atomic E-state index is 6.23. The van der Waals surface area contributed by atoms with Crippen LogP contribution in [0.15, 0.2) is 54.9 Å². The average molecular weight is 387 g/mol. The third kappa shape index (κ3) is 3.34. The lowest BCUT2D eigenvalue weighted by atomic mass is 9.93. The summed E-state index contributed by atoms with van der Waals surface area (Å²) in [7, 11) is 0. The molecule has 6 nitrogen and oxygen atoms in total. The molecule has 0 spiro atoms. The fourth-order valence-corrected chi connectivity index (χ4v) is 4.19. The Morgan fingerprint density at radius 1 is 1.21 bits per heavy atom. The minimum Gasteiger partial charge on any atom is -0.494 e. The monoisotopic (exact) mass is 387 g/mol. The molecule has 4 aromatic rings. The van der Waals surface area contributed by atoms with Crippen molar-refractivity contribution in [1.82, 2.24) is 19.9 Å². The summed E-state index contributed by atoms with van der Waals surface area (Å²) in [6.45, 7) is 3.56. The number of aromatic nitrogens is 3. The Kier molecular flexibility index (Phi) is 4.66. The van der Waals surface area contributed by atoms with Gasteiger partial charge in [0, 0.05) is 23.5 Å². The maximum Gasteiger partial charge on any atom is 0.139 e. The number of ether oxygens (including phenoxy) is 1. The Morgan fingerprint density at radius 2 is 2.14 bits per heavy atom. The highest BCUT2D eigenvalue weighted by Crippen LogP contribution is 2.30. The Labute approximate surface area is 169 Å². The third-order valence-electron chi connectivity index (χ3n) is 5.63. The van der Waals surface area contributed by atoms with Gasteiger partial charge in [0.15, 0.2) is 0 Å². The van der Waals surface area contributed by atoms with Crippen LogP contribution in [-0.2, 0) is 0 Å². The molecule has 1 aliphatic heterocycles. The van der Waals surface area contributed by atoms with E-state index in [1.807, 2.05) is 42.1 Å². The number of pyridine rings is 1. The predicted molar refractivity (Wildman–Crippen MR) is 115 cm³/mol. The van der Waals surface area contributed by atoms with E-state index in [2.05, 4.69) is 34.6 Å². The molecule has 5 rings (SSSR count). The minimum absolute atomic E-state index is 0.233. The van der Waals surface area contributed by atoms with Gasteiger partial charge in [-0.3, -0.25) is 4.57 Å². The number of hydrogen-bond donors (Lipinski definition) is 2. The topological polar surface area (TPSA) is 78.0 Å². The molecule has 0 saturated carbocycles. The van der Waals surface area contributed by atoms with Gasteiger partial charge in [0.25, 0.3) is 0 Å². The Morgan fingerprint density at radius 3 is 3.00 bits per heavy atom. The fourth-order valence-electron chi connectivity index (χ4n) is 4.19. The predicted octanol–water partition coefficient (Wildman–Crippen LogP) is 3.72. The molecule has 29 heavy (non-hydrogen) atoms. The van der Waals surface area contributed by atoms with Crippen LogP contribution in [0.25, 0.3) is 27.8 Å². The summed E-state index contributed by atoms with van der Waals surface area (Å²) < 4.78 is 7.63. The van der Waals surface area contributed by atoms with Crippen LogP contribution >= 0.6 is 0 Å². The first-order valence-electron chi connectivity index (χ1n) is 10.2. The van der Waals surface area contributed by atoms with Crippen LogP contribution in [0.5, 0.6) is 5.75 Å². The van der Waals surface area contributed by atoms with Gasteiger partial charge in [0.1, 0.15) is 17.9 Å². The van der Waals surface area contributed by atoms with Crippen molar-refractivity contribution in [3.8, 4) is 11.6 Å². The molecular formula is C23H25N5O. The summed E-state index contributed by atoms with van der Waals surface area (Å²) in [5, 5.41) is 4.74.